The van der Waals surface area contributed by atoms with Gasteiger partial charge >= 0.3 is 5.97 Å². The first kappa shape index (κ1) is 24.0. The highest BCUT2D eigenvalue weighted by Gasteiger charge is 2.20. The fourth-order valence-electron chi connectivity index (χ4n) is 4.23. The van der Waals surface area contributed by atoms with Gasteiger partial charge in [-0.3, -0.25) is 0 Å². The first-order chi connectivity index (χ1) is 16.8. The van der Waals surface area contributed by atoms with Crippen LogP contribution in [-0.2, 0) is 17.8 Å². The molecule has 35 heavy (non-hydrogen) atoms. The lowest BCUT2D eigenvalue weighted by Gasteiger charge is -2.20. The number of aromatic nitrogens is 3. The SMILES string of the molecule is Cc1ccnc(NCc2cn(-c3ccc(CC(Nc4c(C)cc(C)cc4C)C(=O)O)cc3)cn2)c1. The number of nitrogens with one attached hydrogen (secondary N) is 2. The van der Waals surface area contributed by atoms with Crippen molar-refractivity contribution in [2.75, 3.05) is 10.6 Å². The molecule has 180 valence electrons. The fraction of sp³-hybridized carbons (Fsp3) is 0.250. The second kappa shape index (κ2) is 10.4. The second-order valence-corrected chi connectivity index (χ2v) is 9.02. The van der Waals surface area contributed by atoms with Gasteiger partial charge in [-0.05, 0) is 74.2 Å². The molecule has 2 heterocycles. The monoisotopic (exact) mass is 469 g/mol. The van der Waals surface area contributed by atoms with Gasteiger partial charge in [-0.25, -0.2) is 14.8 Å². The third-order valence-corrected chi connectivity index (χ3v) is 5.97. The highest BCUT2D eigenvalue weighted by atomic mass is 16.4. The van der Waals surface area contributed by atoms with Crippen LogP contribution >= 0.6 is 0 Å². The Morgan fingerprint density at radius 3 is 2.34 bits per heavy atom. The molecule has 0 aliphatic rings. The molecule has 0 radical (unpaired) electrons. The van der Waals surface area contributed by atoms with Gasteiger partial charge in [0, 0.05) is 30.2 Å². The number of hydrogen-bond donors (Lipinski definition) is 3. The lowest BCUT2D eigenvalue weighted by molar-refractivity contribution is -0.137. The largest absolute Gasteiger partial charge is 0.480 e. The molecule has 3 N–H and O–H groups in total. The molecule has 0 aliphatic heterocycles. The Kier molecular flexibility index (Phi) is 7.15. The van der Waals surface area contributed by atoms with Crippen molar-refractivity contribution in [3.8, 4) is 5.69 Å². The Labute approximate surface area is 205 Å². The van der Waals surface area contributed by atoms with Gasteiger partial charge in [0.1, 0.15) is 11.9 Å². The number of benzene rings is 2. The first-order valence-corrected chi connectivity index (χ1v) is 11.6. The number of aryl methyl sites for hydroxylation is 4. The van der Waals surface area contributed by atoms with Gasteiger partial charge in [-0.1, -0.05) is 29.8 Å². The predicted octanol–water partition coefficient (Wildman–Crippen LogP) is 5.22. The van der Waals surface area contributed by atoms with E-state index in [4.69, 9.17) is 0 Å². The third kappa shape index (κ3) is 6.06. The summed E-state index contributed by atoms with van der Waals surface area (Å²) in [6, 6.07) is 15.3. The molecule has 0 aliphatic carbocycles. The number of carboxylic acid groups (broad SMARTS) is 1. The number of carbonyl (C=O) groups is 1. The van der Waals surface area contributed by atoms with Gasteiger partial charge in [0.25, 0.3) is 0 Å². The maximum absolute atomic E-state index is 12.0. The Morgan fingerprint density at radius 1 is 0.971 bits per heavy atom. The van der Waals surface area contributed by atoms with E-state index in [1.165, 1.54) is 5.56 Å². The van der Waals surface area contributed by atoms with Crippen molar-refractivity contribution in [1.82, 2.24) is 14.5 Å². The van der Waals surface area contributed by atoms with Crippen molar-refractivity contribution in [3.63, 3.8) is 0 Å². The maximum Gasteiger partial charge on any atom is 0.326 e. The van der Waals surface area contributed by atoms with Crippen LogP contribution in [0, 0.1) is 27.7 Å². The minimum atomic E-state index is -0.872. The van der Waals surface area contributed by atoms with Crippen molar-refractivity contribution in [2.45, 2.75) is 46.7 Å². The second-order valence-electron chi connectivity index (χ2n) is 9.02. The molecule has 7 heteroatoms. The quantitative estimate of drug-likeness (QED) is 0.311. The van der Waals surface area contributed by atoms with Gasteiger partial charge in [0.15, 0.2) is 0 Å². The molecule has 4 rings (SSSR count). The van der Waals surface area contributed by atoms with Gasteiger partial charge in [-0.2, -0.15) is 0 Å². The lowest BCUT2D eigenvalue weighted by Crippen LogP contribution is -2.32. The minimum absolute atomic E-state index is 0.380. The van der Waals surface area contributed by atoms with E-state index in [9.17, 15) is 9.90 Å². The van der Waals surface area contributed by atoms with E-state index in [-0.39, 0.29) is 0 Å². The van der Waals surface area contributed by atoms with Crippen LogP contribution in [0.2, 0.25) is 0 Å². The van der Waals surface area contributed by atoms with Crippen LogP contribution in [0.5, 0.6) is 0 Å². The molecule has 0 bridgehead atoms. The summed E-state index contributed by atoms with van der Waals surface area (Å²) in [7, 11) is 0. The Bertz CT molecular complexity index is 1300. The summed E-state index contributed by atoms with van der Waals surface area (Å²) >= 11 is 0. The molecule has 2 aromatic heterocycles. The number of aliphatic carboxylic acids is 1. The highest BCUT2D eigenvalue weighted by Crippen LogP contribution is 2.24. The molecular formula is C28H31N5O2. The smallest absolute Gasteiger partial charge is 0.326 e. The average Bonchev–Trinajstić information content (AvgIpc) is 3.28. The summed E-state index contributed by atoms with van der Waals surface area (Å²) in [6.45, 7) is 8.65. The molecule has 0 saturated carbocycles. The van der Waals surface area contributed by atoms with Crippen LogP contribution in [0.15, 0.2) is 67.3 Å². The minimum Gasteiger partial charge on any atom is -0.480 e. The standard InChI is InChI=1S/C28H31N5O2/c1-18-9-10-29-26(13-18)30-15-23-16-33(17-31-23)24-7-5-22(6-8-24)14-25(28(34)35)32-27-20(3)11-19(2)12-21(27)4/h5-13,16-17,25,32H,14-15H2,1-4H3,(H,29,30)(H,34,35). The number of imidazole rings is 1. The molecule has 1 unspecified atom stereocenters. The first-order valence-electron chi connectivity index (χ1n) is 11.6. The van der Waals surface area contributed by atoms with Crippen LogP contribution in [0.4, 0.5) is 11.5 Å². The molecule has 1 atom stereocenters. The molecule has 0 spiro atoms. The van der Waals surface area contributed by atoms with E-state index in [0.29, 0.717) is 13.0 Å². The van der Waals surface area contributed by atoms with Gasteiger partial charge in [0.2, 0.25) is 0 Å². The van der Waals surface area contributed by atoms with Crippen LogP contribution in [0.1, 0.15) is 33.5 Å². The summed E-state index contributed by atoms with van der Waals surface area (Å²) in [5.74, 6) is -0.0511. The number of pyridine rings is 1. The Morgan fingerprint density at radius 2 is 1.69 bits per heavy atom. The summed E-state index contributed by atoms with van der Waals surface area (Å²) in [5, 5.41) is 16.4. The topological polar surface area (TPSA) is 92.1 Å². The van der Waals surface area contributed by atoms with E-state index in [0.717, 1.165) is 45.1 Å². The zero-order valence-corrected chi connectivity index (χ0v) is 20.5. The van der Waals surface area contributed by atoms with Crippen molar-refractivity contribution >= 4 is 17.5 Å². The van der Waals surface area contributed by atoms with Gasteiger partial charge < -0.3 is 20.3 Å². The van der Waals surface area contributed by atoms with Gasteiger partial charge in [0.05, 0.1) is 18.6 Å². The number of carboxylic acids is 1. The van der Waals surface area contributed by atoms with Crippen LogP contribution in [-0.4, -0.2) is 31.7 Å². The van der Waals surface area contributed by atoms with Crippen LogP contribution < -0.4 is 10.6 Å². The van der Waals surface area contributed by atoms with Crippen molar-refractivity contribution in [1.29, 1.82) is 0 Å². The Balaban J connectivity index is 1.41. The summed E-state index contributed by atoms with van der Waals surface area (Å²) in [6.07, 6.45) is 5.92. The van der Waals surface area contributed by atoms with Crippen molar-refractivity contribution in [3.05, 3.63) is 101 Å². The number of nitrogens with zero attached hydrogens (tertiary/aromatic N) is 3. The number of hydrogen-bond acceptors (Lipinski definition) is 5. The summed E-state index contributed by atoms with van der Waals surface area (Å²) < 4.78 is 1.95. The third-order valence-electron chi connectivity index (χ3n) is 5.97. The van der Waals surface area contributed by atoms with E-state index in [2.05, 4.69) is 32.7 Å². The van der Waals surface area contributed by atoms with Gasteiger partial charge in [-0.15, -0.1) is 0 Å². The zero-order valence-electron chi connectivity index (χ0n) is 20.5. The maximum atomic E-state index is 12.0. The van der Waals surface area contributed by atoms with Crippen LogP contribution in [0.25, 0.3) is 5.69 Å². The normalized spacial score (nSPS) is 11.8. The molecule has 2 aromatic carbocycles. The fourth-order valence-corrected chi connectivity index (χ4v) is 4.23. The molecule has 0 fully saturated rings. The van der Waals surface area contributed by atoms with E-state index >= 15 is 0 Å². The Hall–Kier alpha value is -4.13. The number of anilines is 2. The van der Waals surface area contributed by atoms with Crippen molar-refractivity contribution < 1.29 is 9.90 Å². The summed E-state index contributed by atoms with van der Waals surface area (Å²) in [5.41, 5.74) is 8.11. The zero-order chi connectivity index (χ0) is 24.9. The van der Waals surface area contributed by atoms with Crippen molar-refractivity contribution in [2.24, 2.45) is 0 Å². The van der Waals surface area contributed by atoms with E-state index in [1.54, 1.807) is 12.5 Å². The molecule has 7 nitrogen and oxygen atoms in total. The average molecular weight is 470 g/mol. The summed E-state index contributed by atoms with van der Waals surface area (Å²) in [4.78, 5) is 20.8. The highest BCUT2D eigenvalue weighted by molar-refractivity contribution is 5.79. The molecular weight excluding hydrogens is 438 g/mol. The number of rotatable bonds is 9. The van der Waals surface area contributed by atoms with E-state index < -0.39 is 12.0 Å². The molecule has 0 amide bonds. The lowest BCUT2D eigenvalue weighted by atomic mass is 10.0. The van der Waals surface area contributed by atoms with E-state index in [1.807, 2.05) is 74.9 Å². The molecule has 0 saturated heterocycles. The predicted molar refractivity (Wildman–Crippen MR) is 139 cm³/mol. The molecule has 4 aromatic rings. The van der Waals surface area contributed by atoms with Crippen LogP contribution in [0.3, 0.4) is 0 Å².